The zero-order valence-corrected chi connectivity index (χ0v) is 15.9. The molecular weight excluding hydrogens is 358 g/mol. The van der Waals surface area contributed by atoms with Gasteiger partial charge in [0.2, 0.25) is 0 Å². The van der Waals surface area contributed by atoms with Crippen LogP contribution in [0, 0.1) is 0 Å². The lowest BCUT2D eigenvalue weighted by Crippen LogP contribution is -2.22. The minimum absolute atomic E-state index is 0.00911. The summed E-state index contributed by atoms with van der Waals surface area (Å²) in [7, 11) is 1.50. The van der Waals surface area contributed by atoms with E-state index in [1.165, 1.54) is 19.4 Å². The number of carbonyl (C=O) groups excluding carboxylic acids is 2. The lowest BCUT2D eigenvalue weighted by atomic mass is 10.2. The molecule has 148 valence electrons. The summed E-state index contributed by atoms with van der Waals surface area (Å²) in [4.78, 5) is 35.1. The van der Waals surface area contributed by atoms with Gasteiger partial charge < -0.3 is 26.9 Å². The first kappa shape index (κ1) is 22.5. The van der Waals surface area contributed by atoms with Crippen molar-refractivity contribution < 1.29 is 9.59 Å². The summed E-state index contributed by atoms with van der Waals surface area (Å²) >= 11 is 0. The Balaban J connectivity index is 0.00000190. The van der Waals surface area contributed by atoms with Crippen LogP contribution in [-0.2, 0) is 4.79 Å². The highest BCUT2D eigenvalue weighted by Gasteiger charge is 2.15. The van der Waals surface area contributed by atoms with Gasteiger partial charge in [0, 0.05) is 23.7 Å². The summed E-state index contributed by atoms with van der Waals surface area (Å²) < 4.78 is 0. The molecule has 0 bridgehead atoms. The minimum atomic E-state index is -0.716. The molecule has 6 N–H and O–H groups in total. The summed E-state index contributed by atoms with van der Waals surface area (Å²) in [6, 6.07) is 6.92. The van der Waals surface area contributed by atoms with Crippen molar-refractivity contribution in [1.29, 1.82) is 0 Å². The standard InChI is InChI=1S/C18H20N6O2.CH5N/c1-3-13(11-25)22-15-10-21-16(17(19)26)18(24-15)23-14-8-6-5-7-12(14)9-20-4-2;1-2/h4-11,13H,2-3H2,1H3,(H2,19,26)(H2,22,23,24);2H2,1H3/t13-;/m1./s1. The van der Waals surface area contributed by atoms with Gasteiger partial charge in [-0.15, -0.1) is 0 Å². The molecule has 1 atom stereocenters. The van der Waals surface area contributed by atoms with Crippen molar-refractivity contribution in [3.8, 4) is 0 Å². The highest BCUT2D eigenvalue weighted by atomic mass is 16.1. The number of benzene rings is 1. The van der Waals surface area contributed by atoms with Gasteiger partial charge in [0.05, 0.1) is 12.2 Å². The van der Waals surface area contributed by atoms with Crippen LogP contribution in [0.25, 0.3) is 0 Å². The Hall–Kier alpha value is -3.59. The SMILES string of the molecule is C=CN=Cc1ccccc1Nc1nc(N[C@@H](C=O)CC)cnc1C(N)=O.CN. The Morgan fingerprint density at radius 2 is 2.07 bits per heavy atom. The molecule has 1 aromatic heterocycles. The molecule has 0 aliphatic heterocycles. The number of amides is 1. The first-order valence-electron chi connectivity index (χ1n) is 8.55. The molecule has 0 spiro atoms. The second-order valence-electron chi connectivity index (χ2n) is 5.28. The number of hydrogen-bond acceptors (Lipinski definition) is 8. The third-order valence-electron chi connectivity index (χ3n) is 3.48. The first-order chi connectivity index (χ1) is 13.6. The molecule has 9 heteroatoms. The number of nitrogens with zero attached hydrogens (tertiary/aromatic N) is 3. The Labute approximate surface area is 164 Å². The van der Waals surface area contributed by atoms with Crippen molar-refractivity contribution in [2.45, 2.75) is 19.4 Å². The first-order valence-corrected chi connectivity index (χ1v) is 8.55. The lowest BCUT2D eigenvalue weighted by molar-refractivity contribution is -0.108. The van der Waals surface area contributed by atoms with Crippen molar-refractivity contribution in [3.05, 3.63) is 54.5 Å². The number of nitrogens with two attached hydrogens (primary N) is 2. The fourth-order valence-electron chi connectivity index (χ4n) is 2.13. The molecule has 0 aliphatic carbocycles. The van der Waals surface area contributed by atoms with Gasteiger partial charge in [-0.05, 0) is 19.5 Å². The number of anilines is 3. The van der Waals surface area contributed by atoms with Gasteiger partial charge in [-0.2, -0.15) is 0 Å². The van der Waals surface area contributed by atoms with Gasteiger partial charge in [0.25, 0.3) is 5.91 Å². The summed E-state index contributed by atoms with van der Waals surface area (Å²) in [6.07, 6.45) is 5.78. The van der Waals surface area contributed by atoms with Crippen LogP contribution in [0.15, 0.2) is 48.2 Å². The van der Waals surface area contributed by atoms with Gasteiger partial charge in [0.15, 0.2) is 11.5 Å². The van der Waals surface area contributed by atoms with Gasteiger partial charge in [0.1, 0.15) is 12.1 Å². The molecule has 0 aliphatic rings. The van der Waals surface area contributed by atoms with E-state index in [9.17, 15) is 9.59 Å². The van der Waals surface area contributed by atoms with Crippen LogP contribution in [0.3, 0.4) is 0 Å². The van der Waals surface area contributed by atoms with E-state index in [0.29, 0.717) is 17.9 Å². The predicted octanol–water partition coefficient (Wildman–Crippen LogP) is 1.85. The molecule has 2 rings (SSSR count). The second-order valence-corrected chi connectivity index (χ2v) is 5.28. The van der Waals surface area contributed by atoms with Crippen molar-refractivity contribution in [2.24, 2.45) is 16.5 Å². The summed E-state index contributed by atoms with van der Waals surface area (Å²) in [6.45, 7) is 5.41. The molecule has 0 saturated heterocycles. The Morgan fingerprint density at radius 3 is 2.68 bits per heavy atom. The molecule has 0 radical (unpaired) electrons. The maximum absolute atomic E-state index is 11.7. The van der Waals surface area contributed by atoms with Crippen molar-refractivity contribution in [1.82, 2.24) is 9.97 Å². The van der Waals surface area contributed by atoms with Crippen LogP contribution in [0.1, 0.15) is 29.4 Å². The fourth-order valence-corrected chi connectivity index (χ4v) is 2.13. The van der Waals surface area contributed by atoms with Crippen molar-refractivity contribution >= 4 is 35.7 Å². The normalized spacial score (nSPS) is 11.1. The number of aromatic nitrogens is 2. The van der Waals surface area contributed by atoms with Crippen LogP contribution < -0.4 is 22.1 Å². The Kier molecular flexibility index (Phi) is 9.55. The zero-order chi connectivity index (χ0) is 20.9. The average Bonchev–Trinajstić information content (AvgIpc) is 2.72. The van der Waals surface area contributed by atoms with Crippen LogP contribution in [-0.4, -0.2) is 41.5 Å². The third-order valence-corrected chi connectivity index (χ3v) is 3.48. The molecular formula is C19H25N7O2. The van der Waals surface area contributed by atoms with Crippen LogP contribution >= 0.6 is 0 Å². The fraction of sp³-hybridized carbons (Fsp3) is 0.211. The molecule has 0 saturated carbocycles. The number of carbonyl (C=O) groups is 2. The number of rotatable bonds is 9. The number of para-hydroxylation sites is 1. The van der Waals surface area contributed by atoms with Gasteiger partial charge in [-0.3, -0.25) is 9.79 Å². The highest BCUT2D eigenvalue weighted by molar-refractivity contribution is 5.97. The average molecular weight is 383 g/mol. The number of primary amides is 1. The minimum Gasteiger partial charge on any atom is -0.364 e. The summed E-state index contributed by atoms with van der Waals surface area (Å²) in [5.41, 5.74) is 11.3. The zero-order valence-electron chi connectivity index (χ0n) is 15.9. The Morgan fingerprint density at radius 1 is 1.36 bits per heavy atom. The van der Waals surface area contributed by atoms with Crippen molar-refractivity contribution in [3.63, 3.8) is 0 Å². The highest BCUT2D eigenvalue weighted by Crippen LogP contribution is 2.22. The molecule has 9 nitrogen and oxygen atoms in total. The topological polar surface area (TPSA) is 148 Å². The van der Waals surface area contributed by atoms with E-state index in [4.69, 9.17) is 5.73 Å². The second kappa shape index (κ2) is 11.9. The number of aldehydes is 1. The molecule has 2 aromatic rings. The largest absolute Gasteiger partial charge is 0.364 e. The summed E-state index contributed by atoms with van der Waals surface area (Å²) in [5.74, 6) is -0.178. The van der Waals surface area contributed by atoms with E-state index in [1.807, 2.05) is 25.1 Å². The van der Waals surface area contributed by atoms with Crippen LogP contribution in [0.2, 0.25) is 0 Å². The van der Waals surface area contributed by atoms with Crippen LogP contribution in [0.5, 0.6) is 0 Å². The smallest absolute Gasteiger partial charge is 0.271 e. The molecule has 0 fully saturated rings. The number of hydrogen-bond donors (Lipinski definition) is 4. The molecule has 1 aromatic carbocycles. The predicted molar refractivity (Wildman–Crippen MR) is 112 cm³/mol. The molecule has 1 heterocycles. The monoisotopic (exact) mass is 383 g/mol. The molecule has 1 amide bonds. The van der Waals surface area contributed by atoms with Gasteiger partial charge in [-0.1, -0.05) is 31.7 Å². The molecule has 0 unspecified atom stereocenters. The van der Waals surface area contributed by atoms with E-state index >= 15 is 0 Å². The maximum Gasteiger partial charge on any atom is 0.271 e. The maximum atomic E-state index is 11.7. The Bertz CT molecular complexity index is 837. The van der Waals surface area contributed by atoms with E-state index in [0.717, 1.165) is 11.8 Å². The van der Waals surface area contributed by atoms with Gasteiger partial charge in [-0.25, -0.2) is 9.97 Å². The van der Waals surface area contributed by atoms with E-state index < -0.39 is 11.9 Å². The number of nitrogens with one attached hydrogen (secondary N) is 2. The third kappa shape index (κ3) is 6.29. The van der Waals surface area contributed by atoms with Gasteiger partial charge >= 0.3 is 0 Å². The van der Waals surface area contributed by atoms with Crippen molar-refractivity contribution in [2.75, 3.05) is 17.7 Å². The van der Waals surface area contributed by atoms with E-state index in [2.05, 4.69) is 37.9 Å². The van der Waals surface area contributed by atoms with Crippen LogP contribution in [0.4, 0.5) is 17.3 Å². The summed E-state index contributed by atoms with van der Waals surface area (Å²) in [5, 5.41) is 6.00. The van der Waals surface area contributed by atoms with E-state index in [1.54, 1.807) is 12.3 Å². The van der Waals surface area contributed by atoms with E-state index in [-0.39, 0.29) is 11.5 Å². The molecule has 28 heavy (non-hydrogen) atoms. The quantitative estimate of drug-likeness (QED) is 0.381. The lowest BCUT2D eigenvalue weighted by Gasteiger charge is -2.14. The number of aliphatic imine (C=N–C) groups is 1.